The molecule has 2 aromatic rings. The number of carbonyl (C=O) groups excluding carboxylic acids is 2. The first kappa shape index (κ1) is 21.5. The van der Waals surface area contributed by atoms with Crippen molar-refractivity contribution in [3.63, 3.8) is 0 Å². The van der Waals surface area contributed by atoms with Crippen LogP contribution in [0.4, 0.5) is 0 Å². The van der Waals surface area contributed by atoms with Crippen molar-refractivity contribution in [3.8, 4) is 0 Å². The highest BCUT2D eigenvalue weighted by atomic mass is 32.2. The van der Waals surface area contributed by atoms with Crippen molar-refractivity contribution in [2.75, 3.05) is 26.2 Å². The summed E-state index contributed by atoms with van der Waals surface area (Å²) in [7, 11) is -3.68. The first-order valence-corrected chi connectivity index (χ1v) is 11.9. The number of carbonyl (C=O) groups is 2. The summed E-state index contributed by atoms with van der Waals surface area (Å²) in [6.07, 6.45) is 1.65. The molecule has 0 radical (unpaired) electrons. The molecular weight excluding hydrogens is 410 g/mol. The summed E-state index contributed by atoms with van der Waals surface area (Å²) in [4.78, 5) is 26.9. The van der Waals surface area contributed by atoms with Crippen molar-refractivity contribution >= 4 is 33.2 Å². The molecule has 1 N–H and O–H groups in total. The van der Waals surface area contributed by atoms with E-state index < -0.39 is 15.9 Å². The number of hydrogen-bond acceptors (Lipinski definition) is 5. The Balaban J connectivity index is 1.64. The van der Waals surface area contributed by atoms with E-state index in [1.807, 2.05) is 37.3 Å². The molecule has 1 aromatic carbocycles. The van der Waals surface area contributed by atoms with Crippen LogP contribution in [-0.2, 0) is 21.4 Å². The molecule has 1 aromatic heterocycles. The van der Waals surface area contributed by atoms with Crippen LogP contribution in [-0.4, -0.2) is 55.6 Å². The maximum absolute atomic E-state index is 12.8. The van der Waals surface area contributed by atoms with Crippen molar-refractivity contribution in [2.24, 2.45) is 0 Å². The molecule has 0 bridgehead atoms. The van der Waals surface area contributed by atoms with Gasteiger partial charge in [-0.2, -0.15) is 4.31 Å². The largest absolute Gasteiger partial charge is 0.342 e. The van der Waals surface area contributed by atoms with E-state index in [2.05, 4.69) is 5.32 Å². The highest BCUT2D eigenvalue weighted by molar-refractivity contribution is 7.89. The summed E-state index contributed by atoms with van der Waals surface area (Å²) in [5.74, 6) is -0.757. The summed E-state index contributed by atoms with van der Waals surface area (Å²) >= 11 is 1.07. The Morgan fingerprint density at radius 2 is 1.83 bits per heavy atom. The topological polar surface area (TPSA) is 86.8 Å². The Bertz CT molecular complexity index is 951. The molecule has 156 valence electrons. The molecule has 0 unspecified atom stereocenters. The Kier molecular flexibility index (Phi) is 7.05. The molecule has 1 aliphatic rings. The molecule has 0 saturated carbocycles. The third-order valence-corrected chi connectivity index (χ3v) is 7.85. The lowest BCUT2D eigenvalue weighted by atomic mass is 10.2. The van der Waals surface area contributed by atoms with Gasteiger partial charge in [-0.25, -0.2) is 8.42 Å². The van der Waals surface area contributed by atoms with Gasteiger partial charge in [0.15, 0.2) is 0 Å². The second kappa shape index (κ2) is 9.51. The Morgan fingerprint density at radius 3 is 2.48 bits per heavy atom. The van der Waals surface area contributed by atoms with E-state index in [9.17, 15) is 18.0 Å². The fourth-order valence-electron chi connectivity index (χ4n) is 3.26. The SMILES string of the molecule is CCN(Cc1ccccc1)C(=O)CNC(=O)c1sccc1S(=O)(=O)N1CCCC1. The van der Waals surface area contributed by atoms with Crippen molar-refractivity contribution in [1.82, 2.24) is 14.5 Å². The summed E-state index contributed by atoms with van der Waals surface area (Å²) in [6.45, 7) is 3.62. The van der Waals surface area contributed by atoms with Crippen LogP contribution in [0.5, 0.6) is 0 Å². The molecular formula is C20H25N3O4S2. The van der Waals surface area contributed by atoms with Crippen LogP contribution in [0.3, 0.4) is 0 Å². The normalized spacial score (nSPS) is 14.7. The number of benzene rings is 1. The minimum absolute atomic E-state index is 0.0194. The molecule has 1 aliphatic heterocycles. The van der Waals surface area contributed by atoms with Gasteiger partial charge in [-0.05, 0) is 36.8 Å². The van der Waals surface area contributed by atoms with E-state index in [0.29, 0.717) is 26.2 Å². The summed E-state index contributed by atoms with van der Waals surface area (Å²) in [5.41, 5.74) is 1.01. The van der Waals surface area contributed by atoms with Crippen LogP contribution >= 0.6 is 11.3 Å². The van der Waals surface area contributed by atoms with Crippen LogP contribution in [0.1, 0.15) is 35.0 Å². The van der Waals surface area contributed by atoms with Gasteiger partial charge >= 0.3 is 0 Å². The van der Waals surface area contributed by atoms with Gasteiger partial charge in [0.2, 0.25) is 15.9 Å². The van der Waals surface area contributed by atoms with Gasteiger partial charge in [0.05, 0.1) is 6.54 Å². The smallest absolute Gasteiger partial charge is 0.263 e. The van der Waals surface area contributed by atoms with Crippen molar-refractivity contribution in [2.45, 2.75) is 31.2 Å². The van der Waals surface area contributed by atoms with Crippen LogP contribution in [0, 0.1) is 0 Å². The quantitative estimate of drug-likeness (QED) is 0.689. The van der Waals surface area contributed by atoms with Crippen LogP contribution in [0.15, 0.2) is 46.7 Å². The van der Waals surface area contributed by atoms with E-state index in [-0.39, 0.29) is 22.2 Å². The number of rotatable bonds is 8. The third-order valence-electron chi connectivity index (χ3n) is 4.87. The van der Waals surface area contributed by atoms with Crippen LogP contribution in [0.2, 0.25) is 0 Å². The van der Waals surface area contributed by atoms with E-state index in [1.165, 1.54) is 10.4 Å². The van der Waals surface area contributed by atoms with Gasteiger partial charge in [0, 0.05) is 26.2 Å². The predicted octanol–water partition coefficient (Wildman–Crippen LogP) is 2.31. The maximum atomic E-state index is 12.8. The molecule has 2 amide bonds. The molecule has 0 aliphatic carbocycles. The zero-order valence-corrected chi connectivity index (χ0v) is 18.0. The summed E-state index contributed by atoms with van der Waals surface area (Å²) < 4.78 is 27.0. The Labute approximate surface area is 175 Å². The lowest BCUT2D eigenvalue weighted by Gasteiger charge is -2.21. The lowest BCUT2D eigenvalue weighted by molar-refractivity contribution is -0.130. The average molecular weight is 436 g/mol. The Hall–Kier alpha value is -2.23. The number of sulfonamides is 1. The molecule has 7 nitrogen and oxygen atoms in total. The molecule has 1 fully saturated rings. The number of nitrogens with zero attached hydrogens (tertiary/aromatic N) is 2. The fourth-order valence-corrected chi connectivity index (χ4v) is 6.10. The second-order valence-electron chi connectivity index (χ2n) is 6.80. The van der Waals surface area contributed by atoms with Gasteiger partial charge in [0.25, 0.3) is 5.91 Å². The number of likely N-dealkylation sites (N-methyl/N-ethyl adjacent to an activating group) is 1. The van der Waals surface area contributed by atoms with E-state index in [0.717, 1.165) is 29.7 Å². The number of amides is 2. The maximum Gasteiger partial charge on any atom is 0.263 e. The first-order valence-electron chi connectivity index (χ1n) is 9.61. The van der Waals surface area contributed by atoms with Gasteiger partial charge in [0.1, 0.15) is 9.77 Å². The molecule has 0 spiro atoms. The van der Waals surface area contributed by atoms with Crippen molar-refractivity contribution in [1.29, 1.82) is 0 Å². The molecule has 1 saturated heterocycles. The van der Waals surface area contributed by atoms with Gasteiger partial charge in [-0.1, -0.05) is 30.3 Å². The van der Waals surface area contributed by atoms with Crippen molar-refractivity contribution in [3.05, 3.63) is 52.2 Å². The van der Waals surface area contributed by atoms with Gasteiger partial charge in [-0.3, -0.25) is 9.59 Å². The number of hydrogen-bond donors (Lipinski definition) is 1. The van der Waals surface area contributed by atoms with E-state index >= 15 is 0 Å². The highest BCUT2D eigenvalue weighted by Crippen LogP contribution is 2.27. The van der Waals surface area contributed by atoms with Crippen LogP contribution < -0.4 is 5.32 Å². The standard InChI is InChI=1S/C20H25N3O4S2/c1-2-22(15-16-8-4-3-5-9-16)18(24)14-21-20(25)19-17(10-13-28-19)29(26,27)23-11-6-7-12-23/h3-5,8-10,13H,2,6-7,11-12,14-15H2,1H3,(H,21,25). The van der Waals surface area contributed by atoms with Crippen molar-refractivity contribution < 1.29 is 18.0 Å². The zero-order valence-electron chi connectivity index (χ0n) is 16.3. The fraction of sp³-hybridized carbons (Fsp3) is 0.400. The summed E-state index contributed by atoms with van der Waals surface area (Å²) in [5, 5.41) is 4.18. The van der Waals surface area contributed by atoms with Gasteiger partial charge < -0.3 is 10.2 Å². The van der Waals surface area contributed by atoms with E-state index in [4.69, 9.17) is 0 Å². The monoisotopic (exact) mass is 435 g/mol. The molecule has 2 heterocycles. The minimum atomic E-state index is -3.68. The molecule has 3 rings (SSSR count). The zero-order chi connectivity index (χ0) is 20.9. The number of nitrogens with one attached hydrogen (secondary N) is 1. The second-order valence-corrected chi connectivity index (χ2v) is 9.62. The molecule has 29 heavy (non-hydrogen) atoms. The number of thiophene rings is 1. The molecule has 0 atom stereocenters. The van der Waals surface area contributed by atoms with Crippen LogP contribution in [0.25, 0.3) is 0 Å². The van der Waals surface area contributed by atoms with E-state index in [1.54, 1.807) is 10.3 Å². The average Bonchev–Trinajstić information content (AvgIpc) is 3.43. The first-order chi connectivity index (χ1) is 13.9. The van der Waals surface area contributed by atoms with Gasteiger partial charge in [-0.15, -0.1) is 11.3 Å². The highest BCUT2D eigenvalue weighted by Gasteiger charge is 2.32. The third kappa shape index (κ3) is 5.04. The molecule has 9 heteroatoms. The lowest BCUT2D eigenvalue weighted by Crippen LogP contribution is -2.40. The minimum Gasteiger partial charge on any atom is -0.342 e. The predicted molar refractivity (Wildman–Crippen MR) is 112 cm³/mol. The summed E-state index contributed by atoms with van der Waals surface area (Å²) in [6, 6.07) is 11.1. The Morgan fingerprint density at radius 1 is 1.14 bits per heavy atom.